The molecule has 0 atom stereocenters. The van der Waals surface area contributed by atoms with Crippen LogP contribution < -0.4 is 10.9 Å². The second-order valence-corrected chi connectivity index (χ2v) is 4.52. The summed E-state index contributed by atoms with van der Waals surface area (Å²) >= 11 is 0. The molecule has 0 radical (unpaired) electrons. The van der Waals surface area contributed by atoms with Crippen LogP contribution in [0.1, 0.15) is 11.1 Å². The Hall–Kier alpha value is -0.763. The normalized spacial score (nSPS) is 11.2. The molecule has 1 aromatic carbocycles. The van der Waals surface area contributed by atoms with Gasteiger partial charge in [0.25, 0.3) is 0 Å². The molecule has 0 bridgehead atoms. The van der Waals surface area contributed by atoms with Crippen molar-refractivity contribution in [2.45, 2.75) is 20.4 Å². The van der Waals surface area contributed by atoms with E-state index in [1.807, 2.05) is 0 Å². The number of hydrogen-bond acceptors (Lipinski definition) is 1. The van der Waals surface area contributed by atoms with E-state index < -0.39 is 0 Å². The molecule has 0 saturated heterocycles. The van der Waals surface area contributed by atoms with E-state index >= 15 is 0 Å². The SMILES string of the molecule is C[SiH2]c1cc(C)c(N)c(C)c1. The third-order valence-electron chi connectivity index (χ3n) is 2.06. The zero-order chi connectivity index (χ0) is 8.43. The van der Waals surface area contributed by atoms with Crippen molar-refractivity contribution in [1.29, 1.82) is 0 Å². The molecule has 0 amide bonds. The van der Waals surface area contributed by atoms with Crippen LogP contribution in [0, 0.1) is 13.8 Å². The van der Waals surface area contributed by atoms with Gasteiger partial charge in [-0.1, -0.05) is 23.9 Å². The first-order valence-electron chi connectivity index (χ1n) is 4.00. The summed E-state index contributed by atoms with van der Waals surface area (Å²) in [6, 6.07) is 4.43. The van der Waals surface area contributed by atoms with E-state index in [0.717, 1.165) is 5.69 Å². The maximum atomic E-state index is 5.82. The highest BCUT2D eigenvalue weighted by atomic mass is 28.2. The molecule has 0 aliphatic heterocycles. The van der Waals surface area contributed by atoms with Crippen molar-refractivity contribution in [2.75, 3.05) is 5.73 Å². The Morgan fingerprint density at radius 2 is 1.64 bits per heavy atom. The molecule has 0 aliphatic carbocycles. The molecular weight excluding hydrogens is 150 g/mol. The fourth-order valence-electron chi connectivity index (χ4n) is 1.27. The number of benzene rings is 1. The van der Waals surface area contributed by atoms with Crippen molar-refractivity contribution >= 4 is 20.4 Å². The fourth-order valence-corrected chi connectivity index (χ4v) is 2.29. The largest absolute Gasteiger partial charge is 0.398 e. The van der Waals surface area contributed by atoms with Crippen LogP contribution in [0.15, 0.2) is 12.1 Å². The summed E-state index contributed by atoms with van der Waals surface area (Å²) in [6.07, 6.45) is 0. The van der Waals surface area contributed by atoms with Crippen molar-refractivity contribution in [3.63, 3.8) is 0 Å². The summed E-state index contributed by atoms with van der Waals surface area (Å²) in [5.41, 5.74) is 9.24. The van der Waals surface area contributed by atoms with E-state index in [1.165, 1.54) is 16.3 Å². The van der Waals surface area contributed by atoms with Crippen LogP contribution in [0.4, 0.5) is 5.69 Å². The van der Waals surface area contributed by atoms with Crippen LogP contribution >= 0.6 is 0 Å². The predicted molar refractivity (Wildman–Crippen MR) is 54.4 cm³/mol. The molecule has 0 unspecified atom stereocenters. The smallest absolute Gasteiger partial charge is 0.0517 e. The molecule has 0 aromatic heterocycles. The molecule has 1 nitrogen and oxygen atoms in total. The van der Waals surface area contributed by atoms with Crippen LogP contribution in [0.3, 0.4) is 0 Å². The molecule has 11 heavy (non-hydrogen) atoms. The maximum Gasteiger partial charge on any atom is 0.0517 e. The lowest BCUT2D eigenvalue weighted by Crippen LogP contribution is -2.12. The van der Waals surface area contributed by atoms with Gasteiger partial charge in [0.2, 0.25) is 0 Å². The quantitative estimate of drug-likeness (QED) is 0.482. The van der Waals surface area contributed by atoms with Crippen molar-refractivity contribution in [1.82, 2.24) is 0 Å². The summed E-state index contributed by atoms with van der Waals surface area (Å²) in [5, 5.41) is 1.51. The second-order valence-electron chi connectivity index (χ2n) is 3.00. The van der Waals surface area contributed by atoms with E-state index in [-0.39, 0.29) is 9.52 Å². The van der Waals surface area contributed by atoms with Crippen molar-refractivity contribution in [3.8, 4) is 0 Å². The maximum absolute atomic E-state index is 5.82. The molecule has 0 fully saturated rings. The lowest BCUT2D eigenvalue weighted by molar-refractivity contribution is 1.40. The van der Waals surface area contributed by atoms with Gasteiger partial charge in [-0.3, -0.25) is 0 Å². The van der Waals surface area contributed by atoms with Gasteiger partial charge >= 0.3 is 0 Å². The number of hydrogen-bond donors (Lipinski definition) is 1. The minimum absolute atomic E-state index is 0.0231. The Kier molecular flexibility index (Phi) is 2.34. The topological polar surface area (TPSA) is 26.0 Å². The van der Waals surface area contributed by atoms with Crippen molar-refractivity contribution in [3.05, 3.63) is 23.3 Å². The fraction of sp³-hybridized carbons (Fsp3) is 0.333. The van der Waals surface area contributed by atoms with Crippen LogP contribution in [0.25, 0.3) is 0 Å². The number of nitrogen functional groups attached to an aromatic ring is 1. The van der Waals surface area contributed by atoms with Gasteiger partial charge in [-0.05, 0) is 25.0 Å². The molecule has 60 valence electrons. The molecule has 0 spiro atoms. The zero-order valence-corrected chi connectivity index (χ0v) is 8.85. The molecular formula is C9H15NSi. The van der Waals surface area contributed by atoms with Gasteiger partial charge in [-0.2, -0.15) is 0 Å². The Bertz CT molecular complexity index is 245. The Morgan fingerprint density at radius 3 is 2.00 bits per heavy atom. The van der Waals surface area contributed by atoms with Gasteiger partial charge in [0.15, 0.2) is 0 Å². The molecule has 0 saturated carbocycles. The lowest BCUT2D eigenvalue weighted by atomic mass is 10.1. The molecule has 0 heterocycles. The monoisotopic (exact) mass is 165 g/mol. The van der Waals surface area contributed by atoms with Gasteiger partial charge in [0.05, 0.1) is 9.52 Å². The number of rotatable bonds is 1. The number of nitrogens with two attached hydrogens (primary N) is 1. The van der Waals surface area contributed by atoms with Crippen molar-refractivity contribution in [2.24, 2.45) is 0 Å². The minimum Gasteiger partial charge on any atom is -0.398 e. The standard InChI is InChI=1S/C9H15NSi/c1-6-4-8(11-3)5-7(2)9(6)10/h4-5H,10-11H2,1-3H3. The molecule has 1 rings (SSSR count). The predicted octanol–water partition coefficient (Wildman–Crippen LogP) is 0.728. The van der Waals surface area contributed by atoms with Gasteiger partial charge in [-0.15, -0.1) is 0 Å². The highest BCUT2D eigenvalue weighted by molar-refractivity contribution is 6.52. The number of anilines is 1. The Labute approximate surface area is 70.4 Å². The van der Waals surface area contributed by atoms with Crippen LogP contribution in [-0.4, -0.2) is 9.52 Å². The minimum atomic E-state index is -0.0231. The first-order chi connectivity index (χ1) is 5.15. The molecule has 1 aromatic rings. The highest BCUT2D eigenvalue weighted by Crippen LogP contribution is 2.12. The zero-order valence-electron chi connectivity index (χ0n) is 7.44. The summed E-state index contributed by atoms with van der Waals surface area (Å²) in [7, 11) is -0.0231. The van der Waals surface area contributed by atoms with E-state index in [4.69, 9.17) is 5.73 Å². The molecule has 0 aliphatic rings. The Balaban J connectivity index is 3.21. The molecule has 2 heteroatoms. The van der Waals surface area contributed by atoms with Crippen LogP contribution in [0.5, 0.6) is 0 Å². The van der Waals surface area contributed by atoms with Crippen LogP contribution in [0.2, 0.25) is 6.55 Å². The second kappa shape index (κ2) is 3.09. The average molecular weight is 165 g/mol. The molecule has 2 N–H and O–H groups in total. The summed E-state index contributed by atoms with van der Waals surface area (Å²) in [4.78, 5) is 0. The summed E-state index contributed by atoms with van der Waals surface area (Å²) in [5.74, 6) is 0. The van der Waals surface area contributed by atoms with Crippen LogP contribution in [-0.2, 0) is 0 Å². The summed E-state index contributed by atoms with van der Waals surface area (Å²) in [6.45, 7) is 6.45. The van der Waals surface area contributed by atoms with Crippen molar-refractivity contribution < 1.29 is 0 Å². The van der Waals surface area contributed by atoms with E-state index in [1.54, 1.807) is 0 Å². The lowest BCUT2D eigenvalue weighted by Gasteiger charge is -2.06. The van der Waals surface area contributed by atoms with Gasteiger partial charge in [0.1, 0.15) is 0 Å². The first kappa shape index (κ1) is 8.33. The highest BCUT2D eigenvalue weighted by Gasteiger charge is 1.99. The average Bonchev–Trinajstić information content (AvgIpc) is 1.99. The third kappa shape index (κ3) is 1.63. The van der Waals surface area contributed by atoms with E-state index in [9.17, 15) is 0 Å². The van der Waals surface area contributed by atoms with Gasteiger partial charge < -0.3 is 5.73 Å². The van der Waals surface area contributed by atoms with E-state index in [2.05, 4.69) is 32.5 Å². The van der Waals surface area contributed by atoms with E-state index in [0.29, 0.717) is 0 Å². The third-order valence-corrected chi connectivity index (χ3v) is 3.29. The number of aryl methyl sites for hydroxylation is 2. The first-order valence-corrected chi connectivity index (χ1v) is 6.13. The van der Waals surface area contributed by atoms with Gasteiger partial charge in [-0.25, -0.2) is 0 Å². The summed E-state index contributed by atoms with van der Waals surface area (Å²) < 4.78 is 0. The Morgan fingerprint density at radius 1 is 1.18 bits per heavy atom. The van der Waals surface area contributed by atoms with Gasteiger partial charge in [0, 0.05) is 5.69 Å².